The van der Waals surface area contributed by atoms with Crippen molar-refractivity contribution in [3.05, 3.63) is 47.7 Å². The van der Waals surface area contributed by atoms with Gasteiger partial charge in [-0.05, 0) is 35.9 Å². The van der Waals surface area contributed by atoms with Gasteiger partial charge in [-0.25, -0.2) is 4.79 Å². The van der Waals surface area contributed by atoms with E-state index < -0.39 is 17.7 Å². The molecule has 0 spiro atoms. The molecule has 0 fully saturated rings. The van der Waals surface area contributed by atoms with Crippen LogP contribution in [0.5, 0.6) is 5.75 Å². The van der Waals surface area contributed by atoms with Gasteiger partial charge < -0.3 is 9.47 Å². The number of halogens is 3. The van der Waals surface area contributed by atoms with Crippen LogP contribution in [-0.4, -0.2) is 30.4 Å². The van der Waals surface area contributed by atoms with E-state index in [0.717, 1.165) is 12.1 Å². The van der Waals surface area contributed by atoms with E-state index in [1.165, 1.54) is 38.6 Å². The molecule has 5 nitrogen and oxygen atoms in total. The third-order valence-electron chi connectivity index (χ3n) is 3.80. The quantitative estimate of drug-likeness (QED) is 0.724. The number of aromatic nitrogens is 2. The molecule has 0 saturated heterocycles. The minimum Gasteiger partial charge on any atom is -0.496 e. The number of hydrogen-bond acceptors (Lipinski definition) is 4. The van der Waals surface area contributed by atoms with Gasteiger partial charge in [-0.2, -0.15) is 18.3 Å². The van der Waals surface area contributed by atoms with E-state index in [2.05, 4.69) is 14.9 Å². The number of aromatic amines is 1. The molecule has 0 amide bonds. The van der Waals surface area contributed by atoms with Crippen LogP contribution in [0.15, 0.2) is 36.5 Å². The summed E-state index contributed by atoms with van der Waals surface area (Å²) in [5.74, 6) is -0.270. The van der Waals surface area contributed by atoms with Gasteiger partial charge >= 0.3 is 12.1 Å². The molecule has 1 heterocycles. The number of ether oxygens (including phenoxy) is 2. The number of nitrogens with zero attached hydrogens (tertiary/aromatic N) is 1. The third-order valence-corrected chi connectivity index (χ3v) is 3.80. The Morgan fingerprint density at radius 3 is 2.52 bits per heavy atom. The molecule has 0 saturated carbocycles. The Kier molecular flexibility index (Phi) is 4.12. The number of alkyl halides is 3. The SMILES string of the molecule is COC(=O)c1ccc(OC)c(-c2cc(C(F)(F)F)cc3[nH]ncc23)c1. The van der Waals surface area contributed by atoms with Gasteiger partial charge in [-0.1, -0.05) is 0 Å². The van der Waals surface area contributed by atoms with Crippen molar-refractivity contribution >= 4 is 16.9 Å². The molecule has 0 aliphatic heterocycles. The first-order valence-electron chi connectivity index (χ1n) is 7.16. The lowest BCUT2D eigenvalue weighted by molar-refractivity contribution is -0.137. The highest BCUT2D eigenvalue weighted by Gasteiger charge is 2.32. The van der Waals surface area contributed by atoms with Crippen LogP contribution < -0.4 is 4.74 Å². The summed E-state index contributed by atoms with van der Waals surface area (Å²) < 4.78 is 49.6. The molecular formula is C17H13F3N2O3. The van der Waals surface area contributed by atoms with E-state index in [-0.39, 0.29) is 16.6 Å². The number of fused-ring (bicyclic) bond motifs is 1. The summed E-state index contributed by atoms with van der Waals surface area (Å²) in [6, 6.07) is 6.42. The van der Waals surface area contributed by atoms with Crippen LogP contribution in [-0.2, 0) is 10.9 Å². The van der Waals surface area contributed by atoms with Gasteiger partial charge in [0.25, 0.3) is 0 Å². The smallest absolute Gasteiger partial charge is 0.416 e. The number of nitrogens with one attached hydrogen (secondary N) is 1. The minimum atomic E-state index is -4.53. The zero-order chi connectivity index (χ0) is 18.2. The van der Waals surface area contributed by atoms with Crippen LogP contribution in [0.3, 0.4) is 0 Å². The molecule has 1 N–H and O–H groups in total. The van der Waals surface area contributed by atoms with E-state index >= 15 is 0 Å². The lowest BCUT2D eigenvalue weighted by atomic mass is 9.96. The summed E-state index contributed by atoms with van der Waals surface area (Å²) in [6.45, 7) is 0. The van der Waals surface area contributed by atoms with Crippen molar-refractivity contribution in [3.8, 4) is 16.9 Å². The van der Waals surface area contributed by atoms with Gasteiger partial charge in [0.05, 0.1) is 37.1 Å². The van der Waals surface area contributed by atoms with Gasteiger partial charge in [-0.3, -0.25) is 5.10 Å². The van der Waals surface area contributed by atoms with Gasteiger partial charge in [0.2, 0.25) is 0 Å². The van der Waals surface area contributed by atoms with Crippen molar-refractivity contribution in [2.75, 3.05) is 14.2 Å². The van der Waals surface area contributed by atoms with Crippen LogP contribution in [0.2, 0.25) is 0 Å². The largest absolute Gasteiger partial charge is 0.496 e. The number of methoxy groups -OCH3 is 2. The van der Waals surface area contributed by atoms with E-state index in [9.17, 15) is 18.0 Å². The molecule has 0 aliphatic carbocycles. The summed E-state index contributed by atoms with van der Waals surface area (Å²) in [5.41, 5.74) is 0.191. The van der Waals surface area contributed by atoms with Crippen molar-refractivity contribution in [2.24, 2.45) is 0 Å². The standard InChI is InChI=1S/C17H13F3N2O3/c1-24-15-4-3-9(16(23)25-2)5-12(15)11-6-10(17(18,19)20)7-14-13(11)8-21-22-14/h3-8H,1-2H3,(H,21,22). The zero-order valence-corrected chi connectivity index (χ0v) is 13.3. The average molecular weight is 350 g/mol. The minimum absolute atomic E-state index is 0.201. The molecule has 3 aromatic rings. The highest BCUT2D eigenvalue weighted by Crippen LogP contribution is 2.40. The molecule has 130 valence electrons. The number of benzene rings is 2. The van der Waals surface area contributed by atoms with Crippen molar-refractivity contribution in [1.29, 1.82) is 0 Å². The van der Waals surface area contributed by atoms with E-state index in [0.29, 0.717) is 16.7 Å². The highest BCUT2D eigenvalue weighted by molar-refractivity contribution is 5.99. The van der Waals surface area contributed by atoms with Gasteiger partial charge in [0.15, 0.2) is 0 Å². The van der Waals surface area contributed by atoms with Crippen LogP contribution in [0.1, 0.15) is 15.9 Å². The Balaban J connectivity index is 2.31. The number of esters is 1. The summed E-state index contributed by atoms with van der Waals surface area (Å²) in [5, 5.41) is 6.84. The molecule has 3 rings (SSSR count). The van der Waals surface area contributed by atoms with Crippen LogP contribution in [0.4, 0.5) is 13.2 Å². The molecule has 25 heavy (non-hydrogen) atoms. The molecular weight excluding hydrogens is 337 g/mol. The maximum atomic E-state index is 13.2. The summed E-state index contributed by atoms with van der Waals surface area (Å²) in [4.78, 5) is 11.8. The number of H-pyrrole nitrogens is 1. The lowest BCUT2D eigenvalue weighted by Crippen LogP contribution is -2.06. The Morgan fingerprint density at radius 1 is 1.12 bits per heavy atom. The number of carbonyl (C=O) groups is 1. The maximum absolute atomic E-state index is 13.2. The molecule has 0 atom stereocenters. The van der Waals surface area contributed by atoms with Gasteiger partial charge in [0, 0.05) is 10.9 Å². The Morgan fingerprint density at radius 2 is 1.88 bits per heavy atom. The summed E-state index contributed by atoms with van der Waals surface area (Å²) >= 11 is 0. The molecule has 0 bridgehead atoms. The molecule has 0 aliphatic rings. The fourth-order valence-electron chi connectivity index (χ4n) is 2.60. The van der Waals surface area contributed by atoms with Crippen molar-refractivity contribution < 1.29 is 27.4 Å². The van der Waals surface area contributed by atoms with Crippen molar-refractivity contribution in [2.45, 2.75) is 6.18 Å². The van der Waals surface area contributed by atoms with E-state index in [4.69, 9.17) is 4.74 Å². The second kappa shape index (κ2) is 6.12. The fraction of sp³-hybridized carbons (Fsp3) is 0.176. The summed E-state index contributed by atoms with van der Waals surface area (Å²) in [6.07, 6.45) is -3.10. The molecule has 0 radical (unpaired) electrons. The lowest BCUT2D eigenvalue weighted by Gasteiger charge is -2.14. The van der Waals surface area contributed by atoms with Gasteiger partial charge in [-0.15, -0.1) is 0 Å². The Bertz CT molecular complexity index is 948. The van der Waals surface area contributed by atoms with Crippen LogP contribution in [0, 0.1) is 0 Å². The first kappa shape index (κ1) is 16.8. The first-order chi connectivity index (χ1) is 11.8. The third kappa shape index (κ3) is 3.02. The predicted molar refractivity (Wildman–Crippen MR) is 84.4 cm³/mol. The molecule has 1 aromatic heterocycles. The molecule has 8 heteroatoms. The van der Waals surface area contributed by atoms with Crippen molar-refractivity contribution in [1.82, 2.24) is 10.2 Å². The van der Waals surface area contributed by atoms with E-state index in [1.54, 1.807) is 0 Å². The molecule has 0 unspecified atom stereocenters. The van der Waals surface area contributed by atoms with Crippen LogP contribution >= 0.6 is 0 Å². The first-order valence-corrected chi connectivity index (χ1v) is 7.16. The zero-order valence-electron chi connectivity index (χ0n) is 13.3. The average Bonchev–Trinajstić information content (AvgIpc) is 3.07. The molecule has 2 aromatic carbocycles. The monoisotopic (exact) mass is 350 g/mol. The Labute approximate surface area is 140 Å². The van der Waals surface area contributed by atoms with Gasteiger partial charge in [0.1, 0.15) is 5.75 Å². The topological polar surface area (TPSA) is 64.2 Å². The second-order valence-electron chi connectivity index (χ2n) is 5.26. The highest BCUT2D eigenvalue weighted by atomic mass is 19.4. The number of carbonyl (C=O) groups excluding carboxylic acids is 1. The second-order valence-corrected chi connectivity index (χ2v) is 5.26. The fourth-order valence-corrected chi connectivity index (χ4v) is 2.60. The summed E-state index contributed by atoms with van der Waals surface area (Å²) in [7, 11) is 2.63. The van der Waals surface area contributed by atoms with E-state index in [1.807, 2.05) is 0 Å². The predicted octanol–water partition coefficient (Wildman–Crippen LogP) is 4.04. The maximum Gasteiger partial charge on any atom is 0.416 e. The number of hydrogen-bond donors (Lipinski definition) is 1. The van der Waals surface area contributed by atoms with Crippen molar-refractivity contribution in [3.63, 3.8) is 0 Å². The van der Waals surface area contributed by atoms with Crippen LogP contribution in [0.25, 0.3) is 22.0 Å². The number of rotatable bonds is 3. The normalized spacial score (nSPS) is 11.6. The Hall–Kier alpha value is -3.03.